The van der Waals surface area contributed by atoms with Crippen LogP contribution in [0.15, 0.2) is 42.5 Å². The lowest BCUT2D eigenvalue weighted by Crippen LogP contribution is -2.19. The first-order chi connectivity index (χ1) is 10.1. The number of carbonyl (C=O) groups is 1. The maximum absolute atomic E-state index is 11.8. The number of carbonyl (C=O) groups excluding carboxylic acids is 1. The quantitative estimate of drug-likeness (QED) is 0.755. The third-order valence-corrected chi connectivity index (χ3v) is 2.70. The molecule has 0 spiro atoms. The summed E-state index contributed by atoms with van der Waals surface area (Å²) < 4.78 is 5.06. The van der Waals surface area contributed by atoms with Gasteiger partial charge in [0.2, 0.25) is 0 Å². The number of benzene rings is 2. The number of ether oxygens (including phenoxy) is 1. The first-order valence-electron chi connectivity index (χ1n) is 6.07. The van der Waals surface area contributed by atoms with Gasteiger partial charge in [-0.25, -0.2) is 4.79 Å². The maximum Gasteiger partial charge on any atom is 0.323 e. The Morgan fingerprint density at radius 3 is 2.71 bits per heavy atom. The largest absolute Gasteiger partial charge is 0.506 e. The highest BCUT2D eigenvalue weighted by Gasteiger charge is 2.07. The number of methoxy groups -OCH3 is 1. The van der Waals surface area contributed by atoms with Crippen LogP contribution in [0.3, 0.4) is 0 Å². The molecular weight excluding hydrogens is 270 g/mol. The van der Waals surface area contributed by atoms with E-state index in [-0.39, 0.29) is 11.4 Å². The number of phenols is 1. The maximum atomic E-state index is 11.8. The van der Waals surface area contributed by atoms with Crippen LogP contribution in [-0.2, 0) is 0 Å². The van der Waals surface area contributed by atoms with E-state index in [4.69, 9.17) is 10.00 Å². The molecule has 0 atom stereocenters. The number of phenolic OH excluding ortho intramolecular Hbond substituents is 1. The normalized spacial score (nSPS) is 9.52. The number of hydrogen-bond donors (Lipinski definition) is 3. The highest BCUT2D eigenvalue weighted by molar-refractivity contribution is 6.00. The molecule has 2 amide bonds. The Bertz CT molecular complexity index is 708. The minimum Gasteiger partial charge on any atom is -0.506 e. The average Bonchev–Trinajstić information content (AvgIpc) is 2.49. The van der Waals surface area contributed by atoms with E-state index in [1.807, 2.05) is 6.07 Å². The Morgan fingerprint density at radius 1 is 1.24 bits per heavy atom. The van der Waals surface area contributed by atoms with Crippen molar-refractivity contribution in [2.24, 2.45) is 0 Å². The molecule has 2 aromatic rings. The fourth-order valence-corrected chi connectivity index (χ4v) is 1.69. The van der Waals surface area contributed by atoms with Crippen LogP contribution in [0.1, 0.15) is 5.56 Å². The molecule has 3 N–H and O–H groups in total. The number of nitriles is 1. The molecule has 0 aliphatic carbocycles. The van der Waals surface area contributed by atoms with E-state index in [1.54, 1.807) is 24.3 Å². The third-order valence-electron chi connectivity index (χ3n) is 2.70. The summed E-state index contributed by atoms with van der Waals surface area (Å²) in [5.74, 6) is 0.448. The van der Waals surface area contributed by atoms with Crippen LogP contribution < -0.4 is 15.4 Å². The van der Waals surface area contributed by atoms with Gasteiger partial charge in [0.05, 0.1) is 24.4 Å². The molecule has 0 fully saturated rings. The smallest absolute Gasteiger partial charge is 0.323 e. The molecule has 0 aliphatic heterocycles. The zero-order chi connectivity index (χ0) is 15.2. The monoisotopic (exact) mass is 283 g/mol. The van der Waals surface area contributed by atoms with Crippen molar-refractivity contribution in [1.29, 1.82) is 5.26 Å². The van der Waals surface area contributed by atoms with E-state index < -0.39 is 6.03 Å². The number of aromatic hydroxyl groups is 1. The molecule has 0 aliphatic rings. The van der Waals surface area contributed by atoms with E-state index >= 15 is 0 Å². The number of amides is 2. The molecule has 6 heteroatoms. The Labute approximate surface area is 121 Å². The fourth-order valence-electron chi connectivity index (χ4n) is 1.69. The number of nitrogens with one attached hydrogen (secondary N) is 2. The summed E-state index contributed by atoms with van der Waals surface area (Å²) in [5.41, 5.74) is 1.08. The van der Waals surface area contributed by atoms with Gasteiger partial charge in [0.15, 0.2) is 0 Å². The second-order valence-corrected chi connectivity index (χ2v) is 4.15. The number of anilines is 2. The van der Waals surface area contributed by atoms with E-state index in [9.17, 15) is 9.90 Å². The Hall–Kier alpha value is -3.20. The van der Waals surface area contributed by atoms with Gasteiger partial charge in [-0.3, -0.25) is 0 Å². The van der Waals surface area contributed by atoms with Gasteiger partial charge in [0.1, 0.15) is 11.5 Å². The molecule has 21 heavy (non-hydrogen) atoms. The molecule has 0 bridgehead atoms. The van der Waals surface area contributed by atoms with Crippen molar-refractivity contribution >= 4 is 17.4 Å². The second-order valence-electron chi connectivity index (χ2n) is 4.15. The van der Waals surface area contributed by atoms with E-state index in [0.717, 1.165) is 0 Å². The number of urea groups is 1. The predicted octanol–water partition coefficient (Wildman–Crippen LogP) is 2.92. The number of hydrogen-bond acceptors (Lipinski definition) is 4. The zero-order valence-electron chi connectivity index (χ0n) is 11.3. The van der Waals surface area contributed by atoms with Crippen molar-refractivity contribution in [3.63, 3.8) is 0 Å². The molecule has 0 saturated carbocycles. The first-order valence-corrected chi connectivity index (χ1v) is 6.07. The highest BCUT2D eigenvalue weighted by atomic mass is 16.5. The standard InChI is InChI=1S/C15H13N3O3/c1-21-12-4-2-3-11(8-12)17-15(20)18-13-6-5-10(9-16)7-14(13)19/h2-8,19H,1H3,(H2,17,18,20). The van der Waals surface area contributed by atoms with Crippen molar-refractivity contribution in [2.45, 2.75) is 0 Å². The molecule has 0 radical (unpaired) electrons. The summed E-state index contributed by atoms with van der Waals surface area (Å²) in [6, 6.07) is 12.5. The summed E-state index contributed by atoms with van der Waals surface area (Å²) >= 11 is 0. The predicted molar refractivity (Wildman–Crippen MR) is 78.5 cm³/mol. The minimum atomic E-state index is -0.511. The molecule has 106 valence electrons. The van der Waals surface area contributed by atoms with E-state index in [1.165, 1.54) is 25.3 Å². The van der Waals surface area contributed by atoms with Gasteiger partial charge in [-0.2, -0.15) is 5.26 Å². The fraction of sp³-hybridized carbons (Fsp3) is 0.0667. The van der Waals surface area contributed by atoms with Crippen LogP contribution in [0.25, 0.3) is 0 Å². The third kappa shape index (κ3) is 3.64. The molecule has 2 rings (SSSR count). The average molecular weight is 283 g/mol. The summed E-state index contributed by atoms with van der Waals surface area (Å²) in [7, 11) is 1.54. The first kappa shape index (κ1) is 14.2. The van der Waals surface area contributed by atoms with Gasteiger partial charge in [-0.1, -0.05) is 6.07 Å². The summed E-state index contributed by atoms with van der Waals surface area (Å²) in [4.78, 5) is 11.8. The van der Waals surface area contributed by atoms with Crippen molar-refractivity contribution in [1.82, 2.24) is 0 Å². The van der Waals surface area contributed by atoms with Gasteiger partial charge < -0.3 is 20.5 Å². The van der Waals surface area contributed by atoms with E-state index in [2.05, 4.69) is 10.6 Å². The lowest BCUT2D eigenvalue weighted by Gasteiger charge is -2.10. The van der Waals surface area contributed by atoms with Crippen molar-refractivity contribution in [3.8, 4) is 17.6 Å². The lowest BCUT2D eigenvalue weighted by atomic mass is 10.2. The van der Waals surface area contributed by atoms with Gasteiger partial charge >= 0.3 is 6.03 Å². The van der Waals surface area contributed by atoms with Crippen LogP contribution in [0, 0.1) is 11.3 Å². The zero-order valence-corrected chi connectivity index (χ0v) is 11.3. The molecule has 6 nitrogen and oxygen atoms in total. The highest BCUT2D eigenvalue weighted by Crippen LogP contribution is 2.24. The van der Waals surface area contributed by atoms with Crippen LogP contribution in [0.4, 0.5) is 16.2 Å². The van der Waals surface area contributed by atoms with Gasteiger partial charge in [0.25, 0.3) is 0 Å². The van der Waals surface area contributed by atoms with Crippen molar-refractivity contribution in [2.75, 3.05) is 17.7 Å². The van der Waals surface area contributed by atoms with Crippen LogP contribution in [0.2, 0.25) is 0 Å². The summed E-state index contributed by atoms with van der Waals surface area (Å²) in [5, 5.41) is 23.5. The summed E-state index contributed by atoms with van der Waals surface area (Å²) in [6.45, 7) is 0. The summed E-state index contributed by atoms with van der Waals surface area (Å²) in [6.07, 6.45) is 0. The lowest BCUT2D eigenvalue weighted by molar-refractivity contribution is 0.262. The van der Waals surface area contributed by atoms with Crippen LogP contribution in [-0.4, -0.2) is 18.2 Å². The number of nitrogens with zero attached hydrogens (tertiary/aromatic N) is 1. The molecule has 0 saturated heterocycles. The van der Waals surface area contributed by atoms with E-state index in [0.29, 0.717) is 17.0 Å². The SMILES string of the molecule is COc1cccc(NC(=O)Nc2ccc(C#N)cc2O)c1. The molecular formula is C15H13N3O3. The second kappa shape index (κ2) is 6.30. The van der Waals surface area contributed by atoms with Crippen molar-refractivity contribution in [3.05, 3.63) is 48.0 Å². The van der Waals surface area contributed by atoms with Gasteiger partial charge in [-0.15, -0.1) is 0 Å². The Kier molecular flexibility index (Phi) is 4.26. The molecule has 0 heterocycles. The Morgan fingerprint density at radius 2 is 2.05 bits per heavy atom. The van der Waals surface area contributed by atoms with Crippen LogP contribution >= 0.6 is 0 Å². The topological polar surface area (TPSA) is 94.4 Å². The van der Waals surface area contributed by atoms with Gasteiger partial charge in [0, 0.05) is 11.8 Å². The van der Waals surface area contributed by atoms with Crippen LogP contribution in [0.5, 0.6) is 11.5 Å². The molecule has 0 aromatic heterocycles. The minimum absolute atomic E-state index is 0.171. The number of rotatable bonds is 3. The van der Waals surface area contributed by atoms with Gasteiger partial charge in [-0.05, 0) is 30.3 Å². The molecule has 0 unspecified atom stereocenters. The van der Waals surface area contributed by atoms with Crippen molar-refractivity contribution < 1.29 is 14.6 Å². The Balaban J connectivity index is 2.06. The molecule has 2 aromatic carbocycles.